The molecular weight excluding hydrogens is 357 g/mol. The van der Waals surface area contributed by atoms with Crippen molar-refractivity contribution in [1.82, 2.24) is 5.32 Å². The number of rotatable bonds is 6. The molecule has 0 radical (unpaired) electrons. The first-order valence-corrected chi connectivity index (χ1v) is 7.08. The van der Waals surface area contributed by atoms with Gasteiger partial charge in [0.2, 0.25) is 5.91 Å². The largest absolute Gasteiger partial charge is 0.467 e. The van der Waals surface area contributed by atoms with Gasteiger partial charge in [-0.2, -0.15) is 0 Å². The molecule has 2 aromatic rings. The SMILES string of the molecule is NC(=O)c1c(F)cc(Br)cc1NCC(=O)NCc1ccco1. The van der Waals surface area contributed by atoms with Crippen molar-refractivity contribution in [1.29, 1.82) is 0 Å². The maximum atomic E-state index is 13.7. The summed E-state index contributed by atoms with van der Waals surface area (Å²) < 4.78 is 19.2. The van der Waals surface area contributed by atoms with Crippen molar-refractivity contribution in [2.75, 3.05) is 11.9 Å². The zero-order valence-electron chi connectivity index (χ0n) is 11.4. The van der Waals surface area contributed by atoms with Gasteiger partial charge in [0.25, 0.3) is 5.91 Å². The Labute approximate surface area is 134 Å². The van der Waals surface area contributed by atoms with E-state index in [-0.39, 0.29) is 30.2 Å². The Hall–Kier alpha value is -2.35. The minimum absolute atomic E-state index is 0.142. The number of nitrogens with one attached hydrogen (secondary N) is 2. The molecule has 4 N–H and O–H groups in total. The third-order valence-corrected chi connectivity index (χ3v) is 3.24. The lowest BCUT2D eigenvalue weighted by Gasteiger charge is -2.11. The van der Waals surface area contributed by atoms with Crippen LogP contribution in [-0.2, 0) is 11.3 Å². The molecule has 0 spiro atoms. The van der Waals surface area contributed by atoms with Crippen molar-refractivity contribution in [2.24, 2.45) is 5.73 Å². The van der Waals surface area contributed by atoms with E-state index >= 15 is 0 Å². The Bertz CT molecular complexity index is 689. The van der Waals surface area contributed by atoms with Crippen LogP contribution in [0.4, 0.5) is 10.1 Å². The van der Waals surface area contributed by atoms with Crippen LogP contribution in [-0.4, -0.2) is 18.4 Å². The zero-order valence-corrected chi connectivity index (χ0v) is 12.9. The number of furan rings is 1. The van der Waals surface area contributed by atoms with Gasteiger partial charge in [-0.25, -0.2) is 4.39 Å². The van der Waals surface area contributed by atoms with E-state index in [0.29, 0.717) is 10.2 Å². The van der Waals surface area contributed by atoms with Crippen molar-refractivity contribution in [3.05, 3.63) is 52.1 Å². The number of carbonyl (C=O) groups excluding carboxylic acids is 2. The molecule has 1 heterocycles. The molecular formula is C14H13BrFN3O3. The highest BCUT2D eigenvalue weighted by Crippen LogP contribution is 2.24. The number of halogens is 2. The fraction of sp³-hybridized carbons (Fsp3) is 0.143. The standard InChI is InChI=1S/C14H13BrFN3O3/c15-8-4-10(16)13(14(17)21)11(5-8)18-7-12(20)19-6-9-2-1-3-22-9/h1-5,18H,6-7H2,(H2,17,21)(H,19,20). The molecule has 1 aromatic carbocycles. The molecule has 2 rings (SSSR count). The average Bonchev–Trinajstić information content (AvgIpc) is 2.94. The second-order valence-electron chi connectivity index (χ2n) is 4.38. The highest BCUT2D eigenvalue weighted by atomic mass is 79.9. The van der Waals surface area contributed by atoms with E-state index in [2.05, 4.69) is 26.6 Å². The minimum Gasteiger partial charge on any atom is -0.467 e. The average molecular weight is 370 g/mol. The molecule has 0 saturated heterocycles. The van der Waals surface area contributed by atoms with Crippen LogP contribution in [0, 0.1) is 5.82 Å². The van der Waals surface area contributed by atoms with Crippen molar-refractivity contribution < 1.29 is 18.4 Å². The van der Waals surface area contributed by atoms with Crippen molar-refractivity contribution in [2.45, 2.75) is 6.54 Å². The van der Waals surface area contributed by atoms with E-state index < -0.39 is 11.7 Å². The molecule has 0 unspecified atom stereocenters. The van der Waals surface area contributed by atoms with E-state index in [1.807, 2.05) is 0 Å². The van der Waals surface area contributed by atoms with Gasteiger partial charge in [-0.3, -0.25) is 9.59 Å². The van der Waals surface area contributed by atoms with E-state index in [4.69, 9.17) is 10.2 Å². The molecule has 22 heavy (non-hydrogen) atoms. The number of benzene rings is 1. The van der Waals surface area contributed by atoms with Gasteiger partial charge in [0, 0.05) is 4.47 Å². The van der Waals surface area contributed by atoms with E-state index in [9.17, 15) is 14.0 Å². The summed E-state index contributed by atoms with van der Waals surface area (Å²) in [4.78, 5) is 23.0. The van der Waals surface area contributed by atoms with Crippen LogP contribution in [0.15, 0.2) is 39.4 Å². The van der Waals surface area contributed by atoms with Crippen LogP contribution in [0.1, 0.15) is 16.1 Å². The second-order valence-corrected chi connectivity index (χ2v) is 5.30. The Morgan fingerprint density at radius 3 is 2.77 bits per heavy atom. The molecule has 0 aliphatic rings. The number of hydrogen-bond donors (Lipinski definition) is 3. The van der Waals surface area contributed by atoms with Gasteiger partial charge < -0.3 is 20.8 Å². The molecule has 2 amide bonds. The summed E-state index contributed by atoms with van der Waals surface area (Å²) in [5.74, 6) is -1.41. The highest BCUT2D eigenvalue weighted by molar-refractivity contribution is 9.10. The number of nitrogens with two attached hydrogens (primary N) is 1. The van der Waals surface area contributed by atoms with Gasteiger partial charge in [0.15, 0.2) is 0 Å². The third kappa shape index (κ3) is 4.08. The van der Waals surface area contributed by atoms with E-state index in [0.717, 1.165) is 6.07 Å². The summed E-state index contributed by atoms with van der Waals surface area (Å²) in [5, 5.41) is 5.31. The summed E-state index contributed by atoms with van der Waals surface area (Å²) in [7, 11) is 0. The Morgan fingerprint density at radius 1 is 1.36 bits per heavy atom. The van der Waals surface area contributed by atoms with Gasteiger partial charge in [-0.05, 0) is 24.3 Å². The normalized spacial score (nSPS) is 10.3. The predicted molar refractivity (Wildman–Crippen MR) is 81.7 cm³/mol. The number of primary amides is 1. The molecule has 0 aliphatic carbocycles. The number of amides is 2. The van der Waals surface area contributed by atoms with Crippen LogP contribution >= 0.6 is 15.9 Å². The van der Waals surface area contributed by atoms with Gasteiger partial charge >= 0.3 is 0 Å². The maximum absolute atomic E-state index is 13.7. The summed E-state index contributed by atoms with van der Waals surface area (Å²) in [6.45, 7) is 0.0971. The predicted octanol–water partition coefficient (Wildman–Crippen LogP) is 2.01. The lowest BCUT2D eigenvalue weighted by Crippen LogP contribution is -2.30. The smallest absolute Gasteiger partial charge is 0.253 e. The Morgan fingerprint density at radius 2 is 2.14 bits per heavy atom. The molecule has 0 atom stereocenters. The van der Waals surface area contributed by atoms with Crippen molar-refractivity contribution >= 4 is 33.4 Å². The second kappa shape index (κ2) is 7.08. The molecule has 0 aliphatic heterocycles. The van der Waals surface area contributed by atoms with Crippen molar-refractivity contribution in [3.8, 4) is 0 Å². The fourth-order valence-corrected chi connectivity index (χ4v) is 2.23. The minimum atomic E-state index is -0.913. The molecule has 6 nitrogen and oxygen atoms in total. The molecule has 0 saturated carbocycles. The zero-order chi connectivity index (χ0) is 16.1. The van der Waals surface area contributed by atoms with Gasteiger partial charge in [-0.1, -0.05) is 15.9 Å². The van der Waals surface area contributed by atoms with E-state index in [1.54, 1.807) is 12.1 Å². The first kappa shape index (κ1) is 16.0. The Kier molecular flexibility index (Phi) is 5.16. The highest BCUT2D eigenvalue weighted by Gasteiger charge is 2.16. The lowest BCUT2D eigenvalue weighted by molar-refractivity contribution is -0.119. The van der Waals surface area contributed by atoms with Crippen molar-refractivity contribution in [3.63, 3.8) is 0 Å². The topological polar surface area (TPSA) is 97.4 Å². The first-order valence-electron chi connectivity index (χ1n) is 6.29. The van der Waals surface area contributed by atoms with Crippen LogP contribution < -0.4 is 16.4 Å². The van der Waals surface area contributed by atoms with Crippen LogP contribution in [0.2, 0.25) is 0 Å². The first-order chi connectivity index (χ1) is 10.5. The third-order valence-electron chi connectivity index (χ3n) is 2.78. The monoisotopic (exact) mass is 369 g/mol. The summed E-state index contributed by atoms with van der Waals surface area (Å²) in [6.07, 6.45) is 1.50. The maximum Gasteiger partial charge on any atom is 0.253 e. The van der Waals surface area contributed by atoms with Crippen LogP contribution in [0.5, 0.6) is 0 Å². The number of hydrogen-bond acceptors (Lipinski definition) is 4. The quantitative estimate of drug-likeness (QED) is 0.725. The van der Waals surface area contributed by atoms with Crippen LogP contribution in [0.25, 0.3) is 0 Å². The fourth-order valence-electron chi connectivity index (χ4n) is 1.80. The Balaban J connectivity index is 1.98. The summed E-state index contributed by atoms with van der Waals surface area (Å²) in [6, 6.07) is 6.04. The van der Waals surface area contributed by atoms with Crippen LogP contribution in [0.3, 0.4) is 0 Å². The van der Waals surface area contributed by atoms with Gasteiger partial charge in [-0.15, -0.1) is 0 Å². The number of anilines is 1. The van der Waals surface area contributed by atoms with Gasteiger partial charge in [0.05, 0.1) is 30.6 Å². The summed E-state index contributed by atoms with van der Waals surface area (Å²) >= 11 is 3.12. The lowest BCUT2D eigenvalue weighted by atomic mass is 10.1. The van der Waals surface area contributed by atoms with E-state index in [1.165, 1.54) is 12.3 Å². The summed E-state index contributed by atoms with van der Waals surface area (Å²) in [5.41, 5.74) is 5.00. The van der Waals surface area contributed by atoms with Gasteiger partial charge in [0.1, 0.15) is 11.6 Å². The molecule has 8 heteroatoms. The molecule has 1 aromatic heterocycles. The number of carbonyl (C=O) groups is 2. The molecule has 0 bridgehead atoms. The molecule has 0 fully saturated rings. The molecule has 116 valence electrons.